The lowest BCUT2D eigenvalue weighted by Crippen LogP contribution is -2.24. The monoisotopic (exact) mass is 504 g/mol. The number of benzene rings is 1. The minimum atomic E-state index is -0.105. The van der Waals surface area contributed by atoms with Gasteiger partial charge in [0.1, 0.15) is 0 Å². The van der Waals surface area contributed by atoms with Gasteiger partial charge in [0.05, 0.1) is 11.2 Å². The zero-order chi connectivity index (χ0) is 22.8. The van der Waals surface area contributed by atoms with Crippen molar-refractivity contribution in [3.63, 3.8) is 0 Å². The van der Waals surface area contributed by atoms with Crippen molar-refractivity contribution in [2.24, 2.45) is 7.05 Å². The molecule has 0 spiro atoms. The van der Waals surface area contributed by atoms with Gasteiger partial charge in [0, 0.05) is 65.4 Å². The Bertz CT molecular complexity index is 1370. The molecule has 0 aliphatic heterocycles. The molecule has 5 rings (SSSR count). The fourth-order valence-corrected chi connectivity index (χ4v) is 4.69. The van der Waals surface area contributed by atoms with Crippen LogP contribution in [0.5, 0.6) is 0 Å². The maximum atomic E-state index is 12.5. The minimum absolute atomic E-state index is 0.105. The fourth-order valence-electron chi connectivity index (χ4n) is 4.33. The molecule has 168 valence electrons. The number of hydrogen-bond acceptors (Lipinski definition) is 6. The SMILES string of the molecule is Cn1c(NCCNc2c3c(nc4ccc(Br)cc24)CCCC3)nc(-c2ccncc2)cc1=O. The van der Waals surface area contributed by atoms with Crippen molar-refractivity contribution >= 4 is 38.5 Å². The van der Waals surface area contributed by atoms with E-state index < -0.39 is 0 Å². The third-order valence-electron chi connectivity index (χ3n) is 6.04. The summed E-state index contributed by atoms with van der Waals surface area (Å²) < 4.78 is 2.58. The van der Waals surface area contributed by atoms with E-state index in [2.05, 4.69) is 48.7 Å². The van der Waals surface area contributed by atoms with Gasteiger partial charge in [-0.05, 0) is 61.6 Å². The Morgan fingerprint density at radius 2 is 1.79 bits per heavy atom. The molecule has 0 saturated carbocycles. The first-order valence-electron chi connectivity index (χ1n) is 11.2. The zero-order valence-electron chi connectivity index (χ0n) is 18.4. The van der Waals surface area contributed by atoms with Crippen molar-refractivity contribution in [1.82, 2.24) is 19.5 Å². The second-order valence-corrected chi connectivity index (χ2v) is 9.15. The largest absolute Gasteiger partial charge is 0.382 e. The van der Waals surface area contributed by atoms with E-state index in [9.17, 15) is 4.79 Å². The van der Waals surface area contributed by atoms with Gasteiger partial charge >= 0.3 is 0 Å². The number of fused-ring (bicyclic) bond motifs is 2. The lowest BCUT2D eigenvalue weighted by atomic mass is 9.92. The molecular formula is C25H25BrN6O. The van der Waals surface area contributed by atoms with Gasteiger partial charge in [0.25, 0.3) is 5.56 Å². The molecule has 3 aromatic heterocycles. The Labute approximate surface area is 200 Å². The Balaban J connectivity index is 1.36. The van der Waals surface area contributed by atoms with E-state index in [4.69, 9.17) is 4.98 Å². The van der Waals surface area contributed by atoms with Crippen molar-refractivity contribution in [2.75, 3.05) is 23.7 Å². The summed E-state index contributed by atoms with van der Waals surface area (Å²) in [7, 11) is 1.73. The molecule has 1 aromatic carbocycles. The Morgan fingerprint density at radius 3 is 2.64 bits per heavy atom. The molecule has 0 fully saturated rings. The lowest BCUT2D eigenvalue weighted by molar-refractivity contribution is 0.672. The first-order chi connectivity index (χ1) is 16.1. The molecule has 0 saturated heterocycles. The van der Waals surface area contributed by atoms with Gasteiger partial charge in [-0.25, -0.2) is 4.98 Å². The van der Waals surface area contributed by atoms with E-state index in [1.54, 1.807) is 25.5 Å². The zero-order valence-corrected chi connectivity index (χ0v) is 20.0. The number of pyridine rings is 2. The molecule has 0 atom stereocenters. The molecule has 0 radical (unpaired) electrons. The fraction of sp³-hybridized carbons (Fsp3) is 0.280. The molecule has 2 N–H and O–H groups in total. The lowest BCUT2D eigenvalue weighted by Gasteiger charge is -2.22. The van der Waals surface area contributed by atoms with Crippen LogP contribution in [-0.4, -0.2) is 32.6 Å². The number of nitrogens with one attached hydrogen (secondary N) is 2. The molecule has 1 aliphatic rings. The van der Waals surface area contributed by atoms with Gasteiger partial charge in [-0.3, -0.25) is 19.3 Å². The normalized spacial score (nSPS) is 13.0. The van der Waals surface area contributed by atoms with E-state index >= 15 is 0 Å². The van der Waals surface area contributed by atoms with Gasteiger partial charge in [-0.1, -0.05) is 15.9 Å². The van der Waals surface area contributed by atoms with Crippen LogP contribution in [-0.2, 0) is 19.9 Å². The van der Waals surface area contributed by atoms with Crippen LogP contribution in [0.4, 0.5) is 11.6 Å². The highest BCUT2D eigenvalue weighted by molar-refractivity contribution is 9.10. The molecular weight excluding hydrogens is 480 g/mol. The van der Waals surface area contributed by atoms with Crippen molar-refractivity contribution in [1.29, 1.82) is 0 Å². The predicted molar refractivity (Wildman–Crippen MR) is 136 cm³/mol. The maximum Gasteiger partial charge on any atom is 0.255 e. The number of aromatic nitrogens is 4. The average Bonchev–Trinajstić information content (AvgIpc) is 2.84. The van der Waals surface area contributed by atoms with E-state index in [0.717, 1.165) is 33.8 Å². The highest BCUT2D eigenvalue weighted by Crippen LogP contribution is 2.34. The van der Waals surface area contributed by atoms with Gasteiger partial charge in [-0.15, -0.1) is 0 Å². The van der Waals surface area contributed by atoms with E-state index in [-0.39, 0.29) is 5.56 Å². The first kappa shape index (κ1) is 21.6. The number of halogens is 1. The first-order valence-corrected chi connectivity index (χ1v) is 12.0. The molecule has 0 amide bonds. The molecule has 33 heavy (non-hydrogen) atoms. The van der Waals surface area contributed by atoms with Crippen LogP contribution >= 0.6 is 15.9 Å². The van der Waals surface area contributed by atoms with Crippen LogP contribution in [0.25, 0.3) is 22.2 Å². The molecule has 7 nitrogen and oxygen atoms in total. The number of rotatable bonds is 6. The third kappa shape index (κ3) is 4.48. The highest BCUT2D eigenvalue weighted by Gasteiger charge is 2.18. The molecule has 4 aromatic rings. The van der Waals surface area contributed by atoms with Crippen molar-refractivity contribution in [3.05, 3.63) is 74.9 Å². The van der Waals surface area contributed by atoms with Crippen molar-refractivity contribution in [3.8, 4) is 11.3 Å². The summed E-state index contributed by atoms with van der Waals surface area (Å²) >= 11 is 3.60. The number of hydrogen-bond donors (Lipinski definition) is 2. The summed E-state index contributed by atoms with van der Waals surface area (Å²) in [6, 6.07) is 11.5. The minimum Gasteiger partial charge on any atom is -0.382 e. The number of nitrogens with zero attached hydrogens (tertiary/aromatic N) is 4. The molecule has 8 heteroatoms. The molecule has 3 heterocycles. The van der Waals surface area contributed by atoms with Gasteiger partial charge in [0.15, 0.2) is 0 Å². The third-order valence-corrected chi connectivity index (χ3v) is 6.54. The summed E-state index contributed by atoms with van der Waals surface area (Å²) in [6.45, 7) is 1.31. The van der Waals surface area contributed by atoms with Crippen molar-refractivity contribution in [2.45, 2.75) is 25.7 Å². The Hall–Kier alpha value is -3.26. The van der Waals surface area contributed by atoms with Crippen molar-refractivity contribution < 1.29 is 0 Å². The van der Waals surface area contributed by atoms with E-state index in [0.29, 0.717) is 24.7 Å². The standard InChI is InChI=1S/C25H25BrN6O/c1-32-23(33)15-22(16-8-10-27-11-9-16)31-25(32)29-13-12-28-24-18-4-2-3-5-20(18)30-21-7-6-17(26)14-19(21)24/h6-11,14-15H,2-5,12-13H2,1H3,(H,28,30)(H,29,31). The van der Waals surface area contributed by atoms with Gasteiger partial charge < -0.3 is 10.6 Å². The van der Waals surface area contributed by atoms with E-state index in [1.807, 2.05) is 18.2 Å². The Kier molecular flexibility index (Phi) is 6.09. The van der Waals surface area contributed by atoms with Gasteiger partial charge in [-0.2, -0.15) is 0 Å². The second kappa shape index (κ2) is 9.31. The summed E-state index contributed by atoms with van der Waals surface area (Å²) in [4.78, 5) is 26.1. The molecule has 0 bridgehead atoms. The number of anilines is 2. The summed E-state index contributed by atoms with van der Waals surface area (Å²) in [6.07, 6.45) is 7.85. The van der Waals surface area contributed by atoms with E-state index in [1.165, 1.54) is 34.4 Å². The van der Waals surface area contributed by atoms with Crippen LogP contribution in [0.1, 0.15) is 24.1 Å². The van der Waals surface area contributed by atoms with Crippen LogP contribution in [0.3, 0.4) is 0 Å². The Morgan fingerprint density at radius 1 is 1.00 bits per heavy atom. The topological polar surface area (TPSA) is 84.7 Å². The van der Waals surface area contributed by atoms with Crippen LogP contribution in [0, 0.1) is 0 Å². The second-order valence-electron chi connectivity index (χ2n) is 8.23. The smallest absolute Gasteiger partial charge is 0.255 e. The highest BCUT2D eigenvalue weighted by atomic mass is 79.9. The maximum absolute atomic E-state index is 12.5. The van der Waals surface area contributed by atoms with Crippen LogP contribution in [0.15, 0.2) is 58.1 Å². The number of aryl methyl sites for hydroxylation is 1. The van der Waals surface area contributed by atoms with Crippen LogP contribution < -0.4 is 16.2 Å². The average molecular weight is 505 g/mol. The molecule has 1 aliphatic carbocycles. The van der Waals surface area contributed by atoms with Gasteiger partial charge in [0.2, 0.25) is 5.95 Å². The predicted octanol–water partition coefficient (Wildman–Crippen LogP) is 4.56. The van der Waals surface area contributed by atoms with Crippen LogP contribution in [0.2, 0.25) is 0 Å². The summed E-state index contributed by atoms with van der Waals surface area (Å²) in [5.74, 6) is 0.542. The quantitative estimate of drug-likeness (QED) is 0.374. The summed E-state index contributed by atoms with van der Waals surface area (Å²) in [5.41, 5.74) is 6.12. The summed E-state index contributed by atoms with van der Waals surface area (Å²) in [5, 5.41) is 8.10. The molecule has 0 unspecified atom stereocenters.